The first-order valence-electron chi connectivity index (χ1n) is 5.87. The summed E-state index contributed by atoms with van der Waals surface area (Å²) in [5.74, 6) is 0. The van der Waals surface area contributed by atoms with Gasteiger partial charge in [-0.2, -0.15) is 0 Å². The number of halogens is 2. The highest BCUT2D eigenvalue weighted by atomic mass is 79.9. The van der Waals surface area contributed by atoms with E-state index in [-0.39, 0.29) is 0 Å². The largest absolute Gasteiger partial charge is 0.346 e. The van der Waals surface area contributed by atoms with Gasteiger partial charge >= 0.3 is 0 Å². The van der Waals surface area contributed by atoms with Gasteiger partial charge in [0, 0.05) is 14.6 Å². The van der Waals surface area contributed by atoms with Gasteiger partial charge in [0.25, 0.3) is 0 Å². The zero-order valence-corrected chi connectivity index (χ0v) is 13.9. The van der Waals surface area contributed by atoms with Crippen molar-refractivity contribution >= 4 is 49.6 Å². The standard InChI is InChI=1S/C15H14Br2N2/c1-10-3-5-12(7-14(10)16)18-9-19-13-6-4-11(2)15(17)8-13/h3-9H,1-2H3,(H,18,19). The Balaban J connectivity index is 2.06. The SMILES string of the molecule is Cc1ccc(N=CNc2ccc(C)c(Br)c2)cc1Br. The first-order valence-corrected chi connectivity index (χ1v) is 7.46. The molecule has 0 aliphatic rings. The van der Waals surface area contributed by atoms with Crippen LogP contribution in [0.2, 0.25) is 0 Å². The van der Waals surface area contributed by atoms with Crippen LogP contribution in [0, 0.1) is 13.8 Å². The third-order valence-electron chi connectivity index (χ3n) is 2.77. The van der Waals surface area contributed by atoms with Crippen molar-refractivity contribution in [2.45, 2.75) is 13.8 Å². The molecule has 0 fully saturated rings. The van der Waals surface area contributed by atoms with Crippen LogP contribution in [0.4, 0.5) is 11.4 Å². The first-order chi connectivity index (χ1) is 9.06. The van der Waals surface area contributed by atoms with Gasteiger partial charge in [0.2, 0.25) is 0 Å². The fourth-order valence-corrected chi connectivity index (χ4v) is 2.27. The lowest BCUT2D eigenvalue weighted by Crippen LogP contribution is -1.94. The summed E-state index contributed by atoms with van der Waals surface area (Å²) in [6.07, 6.45) is 1.70. The van der Waals surface area contributed by atoms with Crippen molar-refractivity contribution in [1.29, 1.82) is 0 Å². The predicted octanol–water partition coefficient (Wildman–Crippen LogP) is 5.60. The molecule has 2 aromatic carbocycles. The smallest absolute Gasteiger partial charge is 0.0930 e. The van der Waals surface area contributed by atoms with Gasteiger partial charge in [0.15, 0.2) is 0 Å². The van der Waals surface area contributed by atoms with E-state index in [1.54, 1.807) is 6.34 Å². The molecule has 1 N–H and O–H groups in total. The normalized spacial score (nSPS) is 10.9. The van der Waals surface area contributed by atoms with E-state index in [1.807, 2.05) is 30.3 Å². The van der Waals surface area contributed by atoms with Gasteiger partial charge in [-0.15, -0.1) is 0 Å². The van der Waals surface area contributed by atoms with Crippen molar-refractivity contribution in [3.8, 4) is 0 Å². The topological polar surface area (TPSA) is 24.4 Å². The molecule has 0 unspecified atom stereocenters. The van der Waals surface area contributed by atoms with Gasteiger partial charge < -0.3 is 5.32 Å². The van der Waals surface area contributed by atoms with Gasteiger partial charge in [0.1, 0.15) is 0 Å². The molecule has 0 heterocycles. The fourth-order valence-electron chi connectivity index (χ4n) is 1.53. The summed E-state index contributed by atoms with van der Waals surface area (Å²) in [7, 11) is 0. The Labute approximate surface area is 130 Å². The minimum atomic E-state index is 0.913. The quantitative estimate of drug-likeness (QED) is 0.543. The molecular formula is C15H14Br2N2. The van der Waals surface area contributed by atoms with Crippen molar-refractivity contribution in [3.63, 3.8) is 0 Å². The van der Waals surface area contributed by atoms with E-state index in [1.165, 1.54) is 11.1 Å². The van der Waals surface area contributed by atoms with Crippen LogP contribution in [0.3, 0.4) is 0 Å². The molecule has 2 rings (SSSR count). The summed E-state index contributed by atoms with van der Waals surface area (Å²) >= 11 is 7.01. The lowest BCUT2D eigenvalue weighted by molar-refractivity contribution is 1.40. The van der Waals surface area contributed by atoms with Crippen LogP contribution in [0.5, 0.6) is 0 Å². The van der Waals surface area contributed by atoms with Crippen molar-refractivity contribution in [2.75, 3.05) is 5.32 Å². The number of aryl methyl sites for hydroxylation is 2. The molecule has 0 spiro atoms. The van der Waals surface area contributed by atoms with Crippen LogP contribution in [0.15, 0.2) is 50.3 Å². The third-order valence-corrected chi connectivity index (χ3v) is 4.48. The summed E-state index contributed by atoms with van der Waals surface area (Å²) in [4.78, 5) is 4.37. The van der Waals surface area contributed by atoms with E-state index in [9.17, 15) is 0 Å². The first kappa shape index (κ1) is 14.3. The van der Waals surface area contributed by atoms with Crippen LogP contribution in [0.1, 0.15) is 11.1 Å². The number of anilines is 1. The van der Waals surface area contributed by atoms with Gasteiger partial charge in [0.05, 0.1) is 12.0 Å². The molecule has 4 heteroatoms. The highest BCUT2D eigenvalue weighted by Gasteiger charge is 1.97. The summed E-state index contributed by atoms with van der Waals surface area (Å²) in [6, 6.07) is 12.1. The Hall–Kier alpha value is -1.13. The van der Waals surface area contributed by atoms with Crippen LogP contribution in [-0.2, 0) is 0 Å². The molecule has 0 amide bonds. The average Bonchev–Trinajstić information content (AvgIpc) is 2.38. The second-order valence-electron chi connectivity index (χ2n) is 4.30. The number of rotatable bonds is 3. The molecule has 0 atom stereocenters. The predicted molar refractivity (Wildman–Crippen MR) is 89.5 cm³/mol. The average molecular weight is 382 g/mol. The molecule has 0 aliphatic carbocycles. The molecule has 0 bridgehead atoms. The molecule has 0 radical (unpaired) electrons. The van der Waals surface area contributed by atoms with E-state index in [0.29, 0.717) is 0 Å². The molecular weight excluding hydrogens is 368 g/mol. The molecule has 98 valence electrons. The van der Waals surface area contributed by atoms with Crippen LogP contribution in [0.25, 0.3) is 0 Å². The van der Waals surface area contributed by atoms with Crippen molar-refractivity contribution < 1.29 is 0 Å². The van der Waals surface area contributed by atoms with Gasteiger partial charge in [-0.1, -0.05) is 44.0 Å². The maximum Gasteiger partial charge on any atom is 0.0930 e. The van der Waals surface area contributed by atoms with E-state index in [0.717, 1.165) is 20.3 Å². The number of nitrogens with one attached hydrogen (secondary N) is 1. The molecule has 0 aliphatic heterocycles. The van der Waals surface area contributed by atoms with E-state index >= 15 is 0 Å². The second-order valence-corrected chi connectivity index (χ2v) is 6.01. The molecule has 0 aromatic heterocycles. The van der Waals surface area contributed by atoms with E-state index < -0.39 is 0 Å². The monoisotopic (exact) mass is 380 g/mol. The zero-order valence-electron chi connectivity index (χ0n) is 10.7. The molecule has 0 saturated heterocycles. The Morgan fingerprint density at radius 1 is 0.947 bits per heavy atom. The molecule has 2 nitrogen and oxygen atoms in total. The lowest BCUT2D eigenvalue weighted by Gasteiger charge is -2.03. The molecule has 19 heavy (non-hydrogen) atoms. The Morgan fingerprint density at radius 3 is 2.21 bits per heavy atom. The third kappa shape index (κ3) is 3.91. The summed E-state index contributed by atoms with van der Waals surface area (Å²) < 4.78 is 2.16. The lowest BCUT2D eigenvalue weighted by atomic mass is 10.2. The fraction of sp³-hybridized carbons (Fsp3) is 0.133. The maximum atomic E-state index is 4.37. The van der Waals surface area contributed by atoms with Crippen LogP contribution < -0.4 is 5.32 Å². The van der Waals surface area contributed by atoms with Crippen LogP contribution in [-0.4, -0.2) is 6.34 Å². The van der Waals surface area contributed by atoms with E-state index in [2.05, 4.69) is 62.1 Å². The number of benzene rings is 2. The van der Waals surface area contributed by atoms with Gasteiger partial charge in [-0.25, -0.2) is 4.99 Å². The second kappa shape index (κ2) is 6.35. The van der Waals surface area contributed by atoms with E-state index in [4.69, 9.17) is 0 Å². The minimum Gasteiger partial charge on any atom is -0.346 e. The van der Waals surface area contributed by atoms with Crippen molar-refractivity contribution in [3.05, 3.63) is 56.5 Å². The summed E-state index contributed by atoms with van der Waals surface area (Å²) in [5, 5.41) is 3.16. The van der Waals surface area contributed by atoms with Crippen molar-refractivity contribution in [2.24, 2.45) is 4.99 Å². The van der Waals surface area contributed by atoms with Crippen LogP contribution >= 0.6 is 31.9 Å². The van der Waals surface area contributed by atoms with Crippen molar-refractivity contribution in [1.82, 2.24) is 0 Å². The Kier molecular flexibility index (Phi) is 4.77. The highest BCUT2D eigenvalue weighted by Crippen LogP contribution is 2.23. The van der Waals surface area contributed by atoms with Gasteiger partial charge in [-0.05, 0) is 49.2 Å². The zero-order chi connectivity index (χ0) is 13.8. The van der Waals surface area contributed by atoms with Gasteiger partial charge in [-0.3, -0.25) is 0 Å². The highest BCUT2D eigenvalue weighted by molar-refractivity contribution is 9.10. The Morgan fingerprint density at radius 2 is 1.58 bits per heavy atom. The summed E-state index contributed by atoms with van der Waals surface area (Å²) in [5.41, 5.74) is 4.34. The Bertz CT molecular complexity index is 622. The number of nitrogens with zero attached hydrogens (tertiary/aromatic N) is 1. The maximum absolute atomic E-state index is 4.37. The summed E-state index contributed by atoms with van der Waals surface area (Å²) in [6.45, 7) is 4.12. The molecule has 0 saturated carbocycles. The molecule has 2 aromatic rings. The number of aliphatic imine (C=N–C) groups is 1. The number of hydrogen-bond acceptors (Lipinski definition) is 1. The number of hydrogen-bond donors (Lipinski definition) is 1. The minimum absolute atomic E-state index is 0.913.